The van der Waals surface area contributed by atoms with Gasteiger partial charge in [-0.15, -0.1) is 12.4 Å². The van der Waals surface area contributed by atoms with Crippen molar-refractivity contribution in [1.82, 2.24) is 4.90 Å². The van der Waals surface area contributed by atoms with Gasteiger partial charge in [-0.25, -0.2) is 0 Å². The van der Waals surface area contributed by atoms with Crippen LogP contribution < -0.4 is 10.6 Å². The second kappa shape index (κ2) is 9.47. The molecule has 3 rings (SSSR count). The van der Waals surface area contributed by atoms with Crippen LogP contribution in [0.5, 0.6) is 0 Å². The van der Waals surface area contributed by atoms with Gasteiger partial charge in [0.1, 0.15) is 0 Å². The number of amides is 1. The normalized spacial score (nSPS) is 15.2. The zero-order chi connectivity index (χ0) is 17.8. The van der Waals surface area contributed by atoms with Gasteiger partial charge in [0.25, 0.3) is 5.91 Å². The second-order valence-electron chi connectivity index (χ2n) is 6.35. The number of nitrogens with one attached hydrogen (secondary N) is 2. The van der Waals surface area contributed by atoms with Crippen LogP contribution >= 0.6 is 35.6 Å². The molecule has 0 atom stereocenters. The number of carbonyl (C=O) groups is 1. The Balaban J connectivity index is 0.00000243. The molecule has 1 heterocycles. The Morgan fingerprint density at radius 3 is 2.27 bits per heavy atom. The van der Waals surface area contributed by atoms with Crippen molar-refractivity contribution in [3.63, 3.8) is 0 Å². The molecule has 0 spiro atoms. The van der Waals surface area contributed by atoms with Crippen molar-refractivity contribution in [2.45, 2.75) is 18.9 Å². The fraction of sp³-hybridized carbons (Fsp3) is 0.316. The number of benzene rings is 2. The number of rotatable bonds is 4. The first kappa shape index (κ1) is 20.8. The number of likely N-dealkylation sites (tertiary alicyclic amines) is 1. The molecule has 1 aliphatic heterocycles. The van der Waals surface area contributed by atoms with Crippen molar-refractivity contribution in [1.29, 1.82) is 0 Å². The topological polar surface area (TPSA) is 44.4 Å². The lowest BCUT2D eigenvalue weighted by molar-refractivity contribution is 0.102. The zero-order valence-electron chi connectivity index (χ0n) is 14.5. The van der Waals surface area contributed by atoms with Gasteiger partial charge in [-0.05, 0) is 63.3 Å². The van der Waals surface area contributed by atoms with Gasteiger partial charge in [0.15, 0.2) is 0 Å². The van der Waals surface area contributed by atoms with Crippen LogP contribution in [-0.4, -0.2) is 37.0 Å². The van der Waals surface area contributed by atoms with Crippen molar-refractivity contribution < 1.29 is 4.79 Å². The zero-order valence-corrected chi connectivity index (χ0v) is 16.8. The van der Waals surface area contributed by atoms with Crippen LogP contribution in [0.2, 0.25) is 10.0 Å². The van der Waals surface area contributed by atoms with Crippen molar-refractivity contribution in [2.75, 3.05) is 30.8 Å². The maximum atomic E-state index is 12.5. The Labute approximate surface area is 170 Å². The number of hydrogen-bond acceptors (Lipinski definition) is 3. The van der Waals surface area contributed by atoms with E-state index in [-0.39, 0.29) is 18.3 Å². The molecule has 1 amide bonds. The van der Waals surface area contributed by atoms with E-state index in [0.717, 1.165) is 31.6 Å². The fourth-order valence-corrected chi connectivity index (χ4v) is 3.55. The average Bonchev–Trinajstić information content (AvgIpc) is 2.57. The van der Waals surface area contributed by atoms with Crippen LogP contribution in [0, 0.1) is 0 Å². The molecule has 26 heavy (non-hydrogen) atoms. The first-order valence-corrected chi connectivity index (χ1v) is 9.09. The monoisotopic (exact) mass is 413 g/mol. The van der Waals surface area contributed by atoms with Gasteiger partial charge in [-0.3, -0.25) is 4.79 Å². The molecule has 0 aromatic heterocycles. The maximum absolute atomic E-state index is 12.5. The Morgan fingerprint density at radius 1 is 1.04 bits per heavy atom. The van der Waals surface area contributed by atoms with E-state index < -0.39 is 0 Å². The highest BCUT2D eigenvalue weighted by molar-refractivity contribution is 6.40. The molecule has 2 aromatic carbocycles. The third-order valence-corrected chi connectivity index (χ3v) is 5.03. The summed E-state index contributed by atoms with van der Waals surface area (Å²) in [5.41, 5.74) is 2.00. The van der Waals surface area contributed by atoms with Crippen LogP contribution in [0.3, 0.4) is 0 Å². The van der Waals surface area contributed by atoms with Crippen LogP contribution in [0.1, 0.15) is 23.2 Å². The summed E-state index contributed by atoms with van der Waals surface area (Å²) in [6.45, 7) is 2.19. The number of piperidine rings is 1. The highest BCUT2D eigenvalue weighted by atomic mass is 35.5. The second-order valence-corrected chi connectivity index (χ2v) is 7.17. The number of nitrogens with zero attached hydrogens (tertiary/aromatic N) is 1. The van der Waals surface area contributed by atoms with E-state index >= 15 is 0 Å². The van der Waals surface area contributed by atoms with Crippen LogP contribution in [-0.2, 0) is 0 Å². The predicted molar refractivity (Wildman–Crippen MR) is 112 cm³/mol. The minimum Gasteiger partial charge on any atom is -0.382 e. The third-order valence-electron chi connectivity index (χ3n) is 4.40. The van der Waals surface area contributed by atoms with E-state index in [9.17, 15) is 4.79 Å². The van der Waals surface area contributed by atoms with Gasteiger partial charge in [0.05, 0.1) is 15.6 Å². The Hall–Kier alpha value is -1.46. The summed E-state index contributed by atoms with van der Waals surface area (Å²) < 4.78 is 0. The molecule has 140 valence electrons. The number of carbonyl (C=O) groups excluding carboxylic acids is 1. The van der Waals surface area contributed by atoms with E-state index in [1.807, 2.05) is 24.3 Å². The molecule has 1 aliphatic rings. The molecule has 0 unspecified atom stereocenters. The summed E-state index contributed by atoms with van der Waals surface area (Å²) in [6, 6.07) is 13.2. The standard InChI is InChI=1S/C19H21Cl2N3O.ClH/c1-24-10-8-13(9-11-24)22-14-4-2-5-15(12-14)23-19(25)18-16(20)6-3-7-17(18)21;/h2-7,12-13,22H,8-11H2,1H3,(H,23,25);1H. The number of hydrogen-bond donors (Lipinski definition) is 2. The predicted octanol–water partition coefficient (Wildman–Crippen LogP) is 5.17. The largest absolute Gasteiger partial charge is 0.382 e. The van der Waals surface area contributed by atoms with Crippen LogP contribution in [0.15, 0.2) is 42.5 Å². The van der Waals surface area contributed by atoms with Crippen LogP contribution in [0.4, 0.5) is 11.4 Å². The molecule has 0 saturated carbocycles. The Morgan fingerprint density at radius 2 is 1.62 bits per heavy atom. The minimum atomic E-state index is -0.313. The fourth-order valence-electron chi connectivity index (χ4n) is 2.98. The van der Waals surface area contributed by atoms with Gasteiger partial charge >= 0.3 is 0 Å². The molecule has 2 aromatic rings. The van der Waals surface area contributed by atoms with Crippen molar-refractivity contribution in [3.8, 4) is 0 Å². The molecule has 2 N–H and O–H groups in total. The van der Waals surface area contributed by atoms with E-state index in [2.05, 4.69) is 22.6 Å². The van der Waals surface area contributed by atoms with Crippen molar-refractivity contribution in [3.05, 3.63) is 58.1 Å². The lowest BCUT2D eigenvalue weighted by Crippen LogP contribution is -2.36. The van der Waals surface area contributed by atoms with E-state index in [0.29, 0.717) is 27.3 Å². The summed E-state index contributed by atoms with van der Waals surface area (Å²) in [5.74, 6) is -0.313. The van der Waals surface area contributed by atoms with Gasteiger partial charge in [0.2, 0.25) is 0 Å². The molecule has 1 fully saturated rings. The molecule has 0 bridgehead atoms. The number of anilines is 2. The molecule has 4 nitrogen and oxygen atoms in total. The van der Waals surface area contributed by atoms with Gasteiger partial charge in [-0.1, -0.05) is 35.3 Å². The molecule has 0 radical (unpaired) electrons. The summed E-state index contributed by atoms with van der Waals surface area (Å²) in [7, 11) is 2.15. The van der Waals surface area contributed by atoms with E-state index in [4.69, 9.17) is 23.2 Å². The van der Waals surface area contributed by atoms with E-state index in [1.165, 1.54) is 0 Å². The molecule has 7 heteroatoms. The third kappa shape index (κ3) is 5.27. The first-order valence-electron chi connectivity index (χ1n) is 8.33. The SMILES string of the molecule is CN1CCC(Nc2cccc(NC(=O)c3c(Cl)cccc3Cl)c2)CC1.Cl. The Kier molecular flexibility index (Phi) is 7.59. The molecular formula is C19H22Cl3N3O. The summed E-state index contributed by atoms with van der Waals surface area (Å²) in [5, 5.41) is 7.09. The highest BCUT2D eigenvalue weighted by Crippen LogP contribution is 2.26. The highest BCUT2D eigenvalue weighted by Gasteiger charge is 2.17. The van der Waals surface area contributed by atoms with Gasteiger partial charge in [0, 0.05) is 17.4 Å². The van der Waals surface area contributed by atoms with Crippen molar-refractivity contribution in [2.24, 2.45) is 0 Å². The average molecular weight is 415 g/mol. The molecule has 0 aliphatic carbocycles. The summed E-state index contributed by atoms with van der Waals surface area (Å²) in [4.78, 5) is 14.8. The smallest absolute Gasteiger partial charge is 0.258 e. The van der Waals surface area contributed by atoms with Crippen LogP contribution in [0.25, 0.3) is 0 Å². The minimum absolute atomic E-state index is 0. The molecule has 1 saturated heterocycles. The van der Waals surface area contributed by atoms with Crippen molar-refractivity contribution >= 4 is 52.9 Å². The Bertz CT molecular complexity index is 741. The quantitative estimate of drug-likeness (QED) is 0.725. The van der Waals surface area contributed by atoms with E-state index in [1.54, 1.807) is 18.2 Å². The van der Waals surface area contributed by atoms with Gasteiger partial charge < -0.3 is 15.5 Å². The number of halogens is 3. The summed E-state index contributed by atoms with van der Waals surface area (Å²) in [6.07, 6.45) is 2.23. The molecular weight excluding hydrogens is 393 g/mol. The lowest BCUT2D eigenvalue weighted by Gasteiger charge is -2.30. The lowest BCUT2D eigenvalue weighted by atomic mass is 10.1. The maximum Gasteiger partial charge on any atom is 0.258 e. The first-order chi connectivity index (χ1) is 12.0. The van der Waals surface area contributed by atoms with Gasteiger partial charge in [-0.2, -0.15) is 0 Å². The summed E-state index contributed by atoms with van der Waals surface area (Å²) >= 11 is 12.2.